The molecular formula is C10H20O3. The SMILES string of the molecule is CCCCCC(=O)OCC[C@@H](C)O. The first-order valence-electron chi connectivity index (χ1n) is 5.00. The van der Waals surface area contributed by atoms with Gasteiger partial charge in [-0.05, 0) is 13.3 Å². The van der Waals surface area contributed by atoms with Crippen LogP contribution in [0, 0.1) is 0 Å². The Labute approximate surface area is 80.1 Å². The molecule has 0 aromatic heterocycles. The molecule has 0 aliphatic rings. The first-order valence-corrected chi connectivity index (χ1v) is 5.00. The summed E-state index contributed by atoms with van der Waals surface area (Å²) < 4.78 is 4.90. The molecule has 3 heteroatoms. The fraction of sp³-hybridized carbons (Fsp3) is 0.900. The normalized spacial score (nSPS) is 12.5. The van der Waals surface area contributed by atoms with Crippen LogP contribution in [0.15, 0.2) is 0 Å². The van der Waals surface area contributed by atoms with Crippen LogP contribution in [-0.2, 0) is 9.53 Å². The van der Waals surface area contributed by atoms with Crippen molar-refractivity contribution in [2.24, 2.45) is 0 Å². The third-order valence-electron chi connectivity index (χ3n) is 1.78. The maximum Gasteiger partial charge on any atom is 0.305 e. The van der Waals surface area contributed by atoms with Crippen molar-refractivity contribution >= 4 is 5.97 Å². The molecular weight excluding hydrogens is 168 g/mol. The highest BCUT2D eigenvalue weighted by molar-refractivity contribution is 5.69. The maximum atomic E-state index is 11.0. The van der Waals surface area contributed by atoms with Crippen molar-refractivity contribution in [2.45, 2.75) is 52.1 Å². The van der Waals surface area contributed by atoms with Crippen molar-refractivity contribution in [1.82, 2.24) is 0 Å². The Morgan fingerprint density at radius 3 is 2.69 bits per heavy atom. The van der Waals surface area contributed by atoms with Crippen LogP contribution in [0.4, 0.5) is 0 Å². The standard InChI is InChI=1S/C10H20O3/c1-3-4-5-6-10(12)13-8-7-9(2)11/h9,11H,3-8H2,1-2H3/t9-/m1/s1. The van der Waals surface area contributed by atoms with E-state index in [1.54, 1.807) is 6.92 Å². The van der Waals surface area contributed by atoms with Gasteiger partial charge in [0.2, 0.25) is 0 Å². The summed E-state index contributed by atoms with van der Waals surface area (Å²) in [6, 6.07) is 0. The van der Waals surface area contributed by atoms with E-state index >= 15 is 0 Å². The summed E-state index contributed by atoms with van der Waals surface area (Å²) in [5, 5.41) is 8.89. The fourth-order valence-electron chi connectivity index (χ4n) is 0.935. The highest BCUT2D eigenvalue weighted by Gasteiger charge is 2.02. The molecule has 0 saturated heterocycles. The molecule has 13 heavy (non-hydrogen) atoms. The number of carbonyl (C=O) groups is 1. The Hall–Kier alpha value is -0.570. The van der Waals surface area contributed by atoms with Gasteiger partial charge in [-0.2, -0.15) is 0 Å². The number of esters is 1. The molecule has 3 nitrogen and oxygen atoms in total. The molecule has 0 aromatic rings. The van der Waals surface area contributed by atoms with Gasteiger partial charge >= 0.3 is 5.97 Å². The van der Waals surface area contributed by atoms with Gasteiger partial charge in [-0.15, -0.1) is 0 Å². The smallest absolute Gasteiger partial charge is 0.305 e. The summed E-state index contributed by atoms with van der Waals surface area (Å²) in [5.41, 5.74) is 0. The lowest BCUT2D eigenvalue weighted by Crippen LogP contribution is -2.10. The van der Waals surface area contributed by atoms with E-state index in [1.165, 1.54) is 0 Å². The monoisotopic (exact) mass is 188 g/mol. The molecule has 0 aromatic carbocycles. The van der Waals surface area contributed by atoms with Gasteiger partial charge in [0.15, 0.2) is 0 Å². The van der Waals surface area contributed by atoms with E-state index in [2.05, 4.69) is 6.92 Å². The molecule has 0 heterocycles. The number of ether oxygens (including phenoxy) is 1. The van der Waals surface area contributed by atoms with Crippen LogP contribution >= 0.6 is 0 Å². The number of unbranched alkanes of at least 4 members (excludes halogenated alkanes) is 2. The van der Waals surface area contributed by atoms with Gasteiger partial charge in [0.25, 0.3) is 0 Å². The molecule has 0 rings (SSSR count). The Bertz CT molecular complexity index is 132. The average Bonchev–Trinajstić information content (AvgIpc) is 2.04. The molecule has 0 radical (unpaired) electrons. The topological polar surface area (TPSA) is 46.5 Å². The lowest BCUT2D eigenvalue weighted by Gasteiger charge is -2.05. The van der Waals surface area contributed by atoms with Gasteiger partial charge in [-0.1, -0.05) is 19.8 Å². The van der Waals surface area contributed by atoms with E-state index in [0.717, 1.165) is 19.3 Å². The van der Waals surface area contributed by atoms with Gasteiger partial charge < -0.3 is 9.84 Å². The number of aliphatic hydroxyl groups excluding tert-OH is 1. The van der Waals surface area contributed by atoms with Gasteiger partial charge in [0, 0.05) is 12.8 Å². The molecule has 0 spiro atoms. The second kappa shape index (κ2) is 8.05. The minimum atomic E-state index is -0.386. The summed E-state index contributed by atoms with van der Waals surface area (Å²) in [4.78, 5) is 11.0. The summed E-state index contributed by atoms with van der Waals surface area (Å²) >= 11 is 0. The molecule has 0 bridgehead atoms. The van der Waals surface area contributed by atoms with Crippen molar-refractivity contribution in [2.75, 3.05) is 6.61 Å². The largest absolute Gasteiger partial charge is 0.466 e. The number of aliphatic hydroxyl groups is 1. The predicted molar refractivity (Wildman–Crippen MR) is 51.4 cm³/mol. The zero-order chi connectivity index (χ0) is 10.1. The minimum absolute atomic E-state index is 0.144. The highest BCUT2D eigenvalue weighted by Crippen LogP contribution is 2.01. The lowest BCUT2D eigenvalue weighted by atomic mass is 10.2. The van der Waals surface area contributed by atoms with E-state index in [4.69, 9.17) is 9.84 Å². The molecule has 0 unspecified atom stereocenters. The fourth-order valence-corrected chi connectivity index (χ4v) is 0.935. The molecule has 0 aliphatic heterocycles. The van der Waals surface area contributed by atoms with E-state index in [9.17, 15) is 4.79 Å². The van der Waals surface area contributed by atoms with Crippen molar-refractivity contribution in [3.8, 4) is 0 Å². The van der Waals surface area contributed by atoms with Crippen molar-refractivity contribution < 1.29 is 14.6 Å². The molecule has 0 saturated carbocycles. The third kappa shape index (κ3) is 9.34. The first kappa shape index (κ1) is 12.4. The maximum absolute atomic E-state index is 11.0. The van der Waals surface area contributed by atoms with Crippen molar-refractivity contribution in [1.29, 1.82) is 0 Å². The van der Waals surface area contributed by atoms with Gasteiger partial charge in [0.05, 0.1) is 12.7 Å². The molecule has 0 aliphatic carbocycles. The Kier molecular flexibility index (Phi) is 7.69. The summed E-state index contributed by atoms with van der Waals surface area (Å²) in [7, 11) is 0. The highest BCUT2D eigenvalue weighted by atomic mass is 16.5. The van der Waals surface area contributed by atoms with Crippen molar-refractivity contribution in [3.63, 3.8) is 0 Å². The average molecular weight is 188 g/mol. The molecule has 78 valence electrons. The van der Waals surface area contributed by atoms with Gasteiger partial charge in [-0.3, -0.25) is 4.79 Å². The van der Waals surface area contributed by atoms with Crippen LogP contribution in [0.1, 0.15) is 46.0 Å². The number of carbonyl (C=O) groups excluding carboxylic acids is 1. The summed E-state index contributed by atoms with van der Waals surface area (Å²) in [6.07, 6.45) is 3.74. The van der Waals surface area contributed by atoms with Crippen LogP contribution in [-0.4, -0.2) is 23.8 Å². The second-order valence-electron chi connectivity index (χ2n) is 3.32. The quantitative estimate of drug-likeness (QED) is 0.490. The van der Waals surface area contributed by atoms with E-state index in [-0.39, 0.29) is 12.1 Å². The van der Waals surface area contributed by atoms with Gasteiger partial charge in [0.1, 0.15) is 0 Å². The third-order valence-corrected chi connectivity index (χ3v) is 1.78. The van der Waals surface area contributed by atoms with E-state index in [1.807, 2.05) is 0 Å². The minimum Gasteiger partial charge on any atom is -0.466 e. The molecule has 0 fully saturated rings. The molecule has 0 amide bonds. The van der Waals surface area contributed by atoms with Crippen LogP contribution < -0.4 is 0 Å². The molecule has 1 atom stereocenters. The van der Waals surface area contributed by atoms with Crippen LogP contribution in [0.3, 0.4) is 0 Å². The van der Waals surface area contributed by atoms with Crippen LogP contribution in [0.25, 0.3) is 0 Å². The second-order valence-corrected chi connectivity index (χ2v) is 3.32. The first-order chi connectivity index (χ1) is 6.16. The zero-order valence-corrected chi connectivity index (χ0v) is 8.58. The lowest BCUT2D eigenvalue weighted by molar-refractivity contribution is -0.144. The zero-order valence-electron chi connectivity index (χ0n) is 8.58. The van der Waals surface area contributed by atoms with Crippen LogP contribution in [0.2, 0.25) is 0 Å². The van der Waals surface area contributed by atoms with E-state index in [0.29, 0.717) is 19.4 Å². The summed E-state index contributed by atoms with van der Waals surface area (Å²) in [5.74, 6) is -0.144. The number of hydrogen-bond acceptors (Lipinski definition) is 3. The summed E-state index contributed by atoms with van der Waals surface area (Å²) in [6.45, 7) is 4.12. The Balaban J connectivity index is 3.20. The van der Waals surface area contributed by atoms with E-state index < -0.39 is 0 Å². The van der Waals surface area contributed by atoms with Gasteiger partial charge in [-0.25, -0.2) is 0 Å². The predicted octanol–water partition coefficient (Wildman–Crippen LogP) is 1.88. The number of hydrogen-bond donors (Lipinski definition) is 1. The Morgan fingerprint density at radius 2 is 2.15 bits per heavy atom. The molecule has 1 N–H and O–H groups in total. The van der Waals surface area contributed by atoms with Crippen LogP contribution in [0.5, 0.6) is 0 Å². The number of rotatable bonds is 7. The van der Waals surface area contributed by atoms with Crippen molar-refractivity contribution in [3.05, 3.63) is 0 Å². The Morgan fingerprint density at radius 1 is 1.46 bits per heavy atom.